The first-order valence-corrected chi connectivity index (χ1v) is 4.62. The number of hydrogen-bond acceptors (Lipinski definition) is 3. The Morgan fingerprint density at radius 1 is 1.62 bits per heavy atom. The maximum atomic E-state index is 10.5. The Kier molecular flexibility index (Phi) is 5.51. The smallest absolute Gasteiger partial charge is 1.00 e. The van der Waals surface area contributed by atoms with Crippen LogP contribution in [0, 0.1) is 6.92 Å². The minimum Gasteiger partial charge on any atom is -1.00 e. The molecule has 0 bridgehead atoms. The van der Waals surface area contributed by atoms with Gasteiger partial charge in [-0.2, -0.15) is 0 Å². The fourth-order valence-electron chi connectivity index (χ4n) is 0.770. The molecule has 6 heteroatoms. The molecule has 1 atom stereocenters. The van der Waals surface area contributed by atoms with E-state index in [1.54, 1.807) is 6.92 Å². The van der Waals surface area contributed by atoms with Crippen molar-refractivity contribution in [1.82, 2.24) is 0 Å². The second-order valence-electron chi connectivity index (χ2n) is 2.35. The normalized spacial score (nSPS) is 11.9. The Labute approximate surface area is 108 Å². The van der Waals surface area contributed by atoms with Crippen molar-refractivity contribution < 1.29 is 39.7 Å². The Morgan fingerprint density at radius 2 is 2.15 bits per heavy atom. The molecule has 1 aromatic rings. The Balaban J connectivity index is 0. The third kappa shape index (κ3) is 3.23. The van der Waals surface area contributed by atoms with Crippen molar-refractivity contribution in [1.29, 1.82) is 0 Å². The van der Waals surface area contributed by atoms with Gasteiger partial charge in [-0.05, 0) is 35.7 Å². The van der Waals surface area contributed by atoms with Gasteiger partial charge in [0.1, 0.15) is 0 Å². The summed E-state index contributed by atoms with van der Waals surface area (Å²) in [5, 5.41) is 0.370. The Hall–Kier alpha value is 0.420. The molecule has 68 valence electrons. The number of halogens is 1. The minimum atomic E-state index is -2.27. The van der Waals surface area contributed by atoms with E-state index < -0.39 is 11.1 Å². The Morgan fingerprint density at radius 3 is 2.54 bits per heavy atom. The summed E-state index contributed by atoms with van der Waals surface area (Å²) in [5.74, 6) is 0. The maximum absolute atomic E-state index is 10.5. The zero-order valence-electron chi connectivity index (χ0n) is 8.33. The summed E-state index contributed by atoms with van der Waals surface area (Å²) < 4.78 is 21.0. The van der Waals surface area contributed by atoms with Gasteiger partial charge in [-0.3, -0.25) is 4.21 Å². The molecule has 13 heavy (non-hydrogen) atoms. The molecule has 1 unspecified atom stereocenters. The van der Waals surface area contributed by atoms with Crippen LogP contribution in [0.5, 0.6) is 0 Å². The average Bonchev–Trinajstić information content (AvgIpc) is 1.99. The van der Waals surface area contributed by atoms with Crippen LogP contribution in [-0.4, -0.2) is 8.76 Å². The minimum absolute atomic E-state index is 0. The molecule has 2 N–H and O–H groups in total. The summed E-state index contributed by atoms with van der Waals surface area (Å²) >= 11 is 3.44. The molecule has 0 saturated heterocycles. The second kappa shape index (κ2) is 5.34. The maximum Gasteiger partial charge on any atom is 1.00 e. The summed E-state index contributed by atoms with van der Waals surface area (Å²) in [6.07, 6.45) is 0. The van der Waals surface area contributed by atoms with Crippen molar-refractivity contribution in [3.8, 4) is 0 Å². The van der Waals surface area contributed by atoms with Crippen molar-refractivity contribution >= 4 is 28.4 Å². The Bertz CT molecular complexity index is 327. The van der Waals surface area contributed by atoms with Gasteiger partial charge in [0.15, 0.2) is 0 Å². The van der Waals surface area contributed by atoms with Gasteiger partial charge >= 0.3 is 29.6 Å². The third-order valence-corrected chi connectivity index (χ3v) is 2.56. The van der Waals surface area contributed by atoms with Crippen molar-refractivity contribution in [2.75, 3.05) is 5.73 Å². The molecule has 1 rings (SSSR count). The molecule has 0 spiro atoms. The van der Waals surface area contributed by atoms with Gasteiger partial charge in [0.05, 0.1) is 0 Å². The van der Waals surface area contributed by atoms with E-state index in [0.29, 0.717) is 16.3 Å². The summed E-state index contributed by atoms with van der Waals surface area (Å²) in [5.41, 5.74) is 6.59. The zero-order chi connectivity index (χ0) is 9.30. The second-order valence-corrected chi connectivity index (χ2v) is 3.70. The summed E-state index contributed by atoms with van der Waals surface area (Å²) in [4.78, 5) is 0.114. The van der Waals surface area contributed by atoms with Crippen molar-refractivity contribution in [3.63, 3.8) is 0 Å². The van der Waals surface area contributed by atoms with Gasteiger partial charge in [0.25, 0.3) is 0 Å². The summed E-state index contributed by atoms with van der Waals surface area (Å²) in [7, 11) is 0. The standard InChI is InChI=1S/C7H8ClNO2S.Na.H/c1-4-6(8)2-5(12(10)11)3-7(4)9;;/h2-3H,9H2,1H3,(H,10,11);;/q;+1;-1/p-1. The topological polar surface area (TPSA) is 66.2 Å². The van der Waals surface area contributed by atoms with Crippen LogP contribution in [0.25, 0.3) is 0 Å². The van der Waals surface area contributed by atoms with Crippen LogP contribution in [0.2, 0.25) is 5.02 Å². The molecular weight excluding hydrogens is 221 g/mol. The molecule has 0 aliphatic heterocycles. The van der Waals surface area contributed by atoms with Crippen molar-refractivity contribution in [2.45, 2.75) is 11.8 Å². The summed E-state index contributed by atoms with van der Waals surface area (Å²) in [6.45, 7) is 1.73. The number of nitrogens with two attached hydrogens (primary N) is 1. The first kappa shape index (κ1) is 13.4. The third-order valence-electron chi connectivity index (χ3n) is 1.55. The SMILES string of the molecule is Cc1c(N)cc(S(=O)[O-])cc1Cl.[H-].[Na+]. The van der Waals surface area contributed by atoms with Crippen LogP contribution in [0.3, 0.4) is 0 Å². The number of nitrogen functional groups attached to an aromatic ring is 1. The van der Waals surface area contributed by atoms with E-state index in [2.05, 4.69) is 0 Å². The fourth-order valence-corrected chi connectivity index (χ4v) is 1.50. The van der Waals surface area contributed by atoms with Crippen LogP contribution < -0.4 is 35.3 Å². The van der Waals surface area contributed by atoms with Gasteiger partial charge in [-0.15, -0.1) is 0 Å². The van der Waals surface area contributed by atoms with Gasteiger partial charge in [-0.1, -0.05) is 11.6 Å². The van der Waals surface area contributed by atoms with E-state index in [1.807, 2.05) is 0 Å². The molecule has 3 nitrogen and oxygen atoms in total. The van der Waals surface area contributed by atoms with Crippen LogP contribution in [-0.2, 0) is 11.1 Å². The molecule has 0 fully saturated rings. The summed E-state index contributed by atoms with van der Waals surface area (Å²) in [6, 6.07) is 2.75. The van der Waals surface area contributed by atoms with Crippen molar-refractivity contribution in [3.05, 3.63) is 22.7 Å². The monoisotopic (exact) mass is 228 g/mol. The molecule has 0 radical (unpaired) electrons. The van der Waals surface area contributed by atoms with Crippen LogP contribution in [0.1, 0.15) is 6.99 Å². The number of rotatable bonds is 1. The molecule has 0 aliphatic rings. The molecule has 0 aromatic heterocycles. The predicted octanol–water partition coefficient (Wildman–Crippen LogP) is -1.41. The van der Waals surface area contributed by atoms with E-state index in [4.69, 9.17) is 17.3 Å². The fraction of sp³-hybridized carbons (Fsp3) is 0.143. The van der Waals surface area contributed by atoms with Crippen LogP contribution in [0.4, 0.5) is 5.69 Å². The molecule has 1 aromatic carbocycles. The zero-order valence-corrected chi connectivity index (χ0v) is 10.9. The largest absolute Gasteiger partial charge is 1.00 e. The molecule has 0 amide bonds. The van der Waals surface area contributed by atoms with Crippen LogP contribution >= 0.6 is 11.6 Å². The van der Waals surface area contributed by atoms with Gasteiger partial charge < -0.3 is 11.7 Å². The van der Waals surface area contributed by atoms with Gasteiger partial charge in [0.2, 0.25) is 0 Å². The predicted molar refractivity (Wildman–Crippen MR) is 48.9 cm³/mol. The van der Waals surface area contributed by atoms with E-state index in [0.717, 1.165) is 0 Å². The molecule has 0 heterocycles. The average molecular weight is 229 g/mol. The van der Waals surface area contributed by atoms with E-state index >= 15 is 0 Å². The number of anilines is 1. The number of benzene rings is 1. The number of hydrogen-bond donors (Lipinski definition) is 1. The van der Waals surface area contributed by atoms with Gasteiger partial charge in [-0.25, -0.2) is 0 Å². The molecule has 0 saturated carbocycles. The van der Waals surface area contributed by atoms with E-state index in [1.165, 1.54) is 12.1 Å². The van der Waals surface area contributed by atoms with E-state index in [-0.39, 0.29) is 35.9 Å². The van der Waals surface area contributed by atoms with Gasteiger partial charge in [0, 0.05) is 15.6 Å². The first-order valence-electron chi connectivity index (χ1n) is 3.17. The van der Waals surface area contributed by atoms with Crippen LogP contribution in [0.15, 0.2) is 17.0 Å². The first-order chi connectivity index (χ1) is 5.52. The van der Waals surface area contributed by atoms with Crippen molar-refractivity contribution in [2.24, 2.45) is 0 Å². The molecule has 0 aliphatic carbocycles. The quantitative estimate of drug-likeness (QED) is 0.365. The van der Waals surface area contributed by atoms with E-state index in [9.17, 15) is 8.76 Å². The molecular formula is C7H8ClNNaO2S-.